The van der Waals surface area contributed by atoms with E-state index in [-0.39, 0.29) is 18.4 Å². The molecule has 0 radical (unpaired) electrons. The molecule has 0 spiro atoms. The number of carbonyl (C=O) groups is 2. The number of carbonyl (C=O) groups excluding carboxylic acids is 2. The largest absolute Gasteiger partial charge is 0.469 e. The van der Waals surface area contributed by atoms with E-state index in [2.05, 4.69) is 5.32 Å². The zero-order chi connectivity index (χ0) is 13.9. The summed E-state index contributed by atoms with van der Waals surface area (Å²) in [5.74, 6) is 0.767. The van der Waals surface area contributed by atoms with E-state index in [1.54, 1.807) is 11.2 Å². The number of nitrogens with zero attached hydrogens (tertiary/aromatic N) is 1. The van der Waals surface area contributed by atoms with Crippen molar-refractivity contribution in [1.82, 2.24) is 10.2 Å². The number of amides is 2. The van der Waals surface area contributed by atoms with Gasteiger partial charge >= 0.3 is 0 Å². The van der Waals surface area contributed by atoms with Gasteiger partial charge in [-0.2, -0.15) is 0 Å². The van der Waals surface area contributed by atoms with E-state index in [4.69, 9.17) is 4.42 Å². The predicted molar refractivity (Wildman–Crippen MR) is 70.4 cm³/mol. The minimum Gasteiger partial charge on any atom is -0.469 e. The third-order valence-electron chi connectivity index (χ3n) is 3.83. The molecule has 19 heavy (non-hydrogen) atoms. The summed E-state index contributed by atoms with van der Waals surface area (Å²) in [6.07, 6.45) is 3.48. The first-order valence-electron chi connectivity index (χ1n) is 6.74. The monoisotopic (exact) mass is 264 g/mol. The Hall–Kier alpha value is -1.78. The van der Waals surface area contributed by atoms with Crippen molar-refractivity contribution in [3.8, 4) is 0 Å². The van der Waals surface area contributed by atoms with Crippen molar-refractivity contribution in [3.05, 3.63) is 24.2 Å². The zero-order valence-electron chi connectivity index (χ0n) is 11.4. The van der Waals surface area contributed by atoms with Crippen LogP contribution in [0.3, 0.4) is 0 Å². The van der Waals surface area contributed by atoms with Gasteiger partial charge in [0.05, 0.1) is 12.8 Å². The Kier molecular flexibility index (Phi) is 3.93. The molecule has 1 aromatic rings. The molecule has 0 unspecified atom stereocenters. The molecule has 0 bridgehead atoms. The average molecular weight is 264 g/mol. The van der Waals surface area contributed by atoms with Crippen molar-refractivity contribution in [1.29, 1.82) is 0 Å². The van der Waals surface area contributed by atoms with Crippen molar-refractivity contribution >= 4 is 11.8 Å². The maximum absolute atomic E-state index is 12.5. The lowest BCUT2D eigenvalue weighted by Gasteiger charge is -2.41. The summed E-state index contributed by atoms with van der Waals surface area (Å²) >= 11 is 0. The van der Waals surface area contributed by atoms with Crippen molar-refractivity contribution in [2.75, 3.05) is 13.1 Å². The van der Waals surface area contributed by atoms with Crippen molar-refractivity contribution in [3.63, 3.8) is 0 Å². The lowest BCUT2D eigenvalue weighted by atomic mass is 9.89. The number of hydrogen-bond donors (Lipinski definition) is 1. The first-order valence-corrected chi connectivity index (χ1v) is 6.74. The first kappa shape index (κ1) is 13.6. The lowest BCUT2D eigenvalue weighted by Crippen LogP contribution is -2.66. The molecule has 0 aliphatic carbocycles. The molecule has 5 nitrogen and oxygen atoms in total. The number of piperazine rings is 1. The summed E-state index contributed by atoms with van der Waals surface area (Å²) < 4.78 is 5.25. The molecule has 104 valence electrons. The molecular weight excluding hydrogens is 244 g/mol. The van der Waals surface area contributed by atoms with Gasteiger partial charge in [-0.05, 0) is 25.0 Å². The van der Waals surface area contributed by atoms with Crippen molar-refractivity contribution in [2.24, 2.45) is 0 Å². The van der Waals surface area contributed by atoms with Gasteiger partial charge in [0, 0.05) is 13.0 Å². The summed E-state index contributed by atoms with van der Waals surface area (Å²) in [6, 6.07) is 3.70. The Balaban J connectivity index is 2.07. The summed E-state index contributed by atoms with van der Waals surface area (Å²) in [5, 5.41) is 2.85. The fraction of sp³-hybridized carbons (Fsp3) is 0.571. The van der Waals surface area contributed by atoms with Crippen LogP contribution in [-0.4, -0.2) is 35.3 Å². The van der Waals surface area contributed by atoms with E-state index in [0.29, 0.717) is 25.8 Å². The molecule has 2 amide bonds. The average Bonchev–Trinajstić information content (AvgIpc) is 2.92. The minimum absolute atomic E-state index is 0.0173. The molecule has 1 N–H and O–H groups in total. The second-order valence-corrected chi connectivity index (χ2v) is 4.89. The molecule has 1 aliphatic rings. The smallest absolute Gasteiger partial charge is 0.248 e. The minimum atomic E-state index is -0.724. The highest BCUT2D eigenvalue weighted by molar-refractivity contribution is 5.97. The normalized spacial score (nSPS) is 18.5. The van der Waals surface area contributed by atoms with E-state index in [9.17, 15) is 9.59 Å². The topological polar surface area (TPSA) is 62.6 Å². The van der Waals surface area contributed by atoms with Crippen molar-refractivity contribution in [2.45, 2.75) is 38.6 Å². The highest BCUT2D eigenvalue weighted by Crippen LogP contribution is 2.22. The summed E-state index contributed by atoms with van der Waals surface area (Å²) in [4.78, 5) is 25.9. The van der Waals surface area contributed by atoms with Crippen LogP contribution in [0.2, 0.25) is 0 Å². The quantitative estimate of drug-likeness (QED) is 0.873. The molecule has 2 rings (SSSR count). The Morgan fingerprint density at radius 2 is 2.11 bits per heavy atom. The first-order chi connectivity index (χ1) is 9.11. The Morgan fingerprint density at radius 1 is 1.37 bits per heavy atom. The van der Waals surface area contributed by atoms with Crippen LogP contribution in [0.15, 0.2) is 22.8 Å². The molecule has 0 atom stereocenters. The highest BCUT2D eigenvalue weighted by atomic mass is 16.3. The van der Waals surface area contributed by atoms with Crippen LogP contribution < -0.4 is 5.32 Å². The van der Waals surface area contributed by atoms with Crippen LogP contribution in [0.25, 0.3) is 0 Å². The van der Waals surface area contributed by atoms with E-state index < -0.39 is 5.54 Å². The SMILES string of the molecule is CCC1(CC)NC(=O)CN(CCc2ccco2)C1=O. The molecule has 1 aliphatic heterocycles. The molecule has 5 heteroatoms. The van der Waals surface area contributed by atoms with Gasteiger partial charge in [-0.3, -0.25) is 9.59 Å². The summed E-state index contributed by atoms with van der Waals surface area (Å²) in [6.45, 7) is 4.51. The fourth-order valence-electron chi connectivity index (χ4n) is 2.52. The number of furan rings is 1. The summed E-state index contributed by atoms with van der Waals surface area (Å²) in [5.41, 5.74) is -0.724. The van der Waals surface area contributed by atoms with Crippen LogP contribution in [-0.2, 0) is 16.0 Å². The third-order valence-corrected chi connectivity index (χ3v) is 3.83. The molecule has 0 saturated carbocycles. The Labute approximate surface area is 113 Å². The number of hydrogen-bond acceptors (Lipinski definition) is 3. The third kappa shape index (κ3) is 2.64. The van der Waals surface area contributed by atoms with Crippen LogP contribution in [0.5, 0.6) is 0 Å². The lowest BCUT2D eigenvalue weighted by molar-refractivity contribution is -0.150. The fourth-order valence-corrected chi connectivity index (χ4v) is 2.52. The Bertz CT molecular complexity index is 449. The highest BCUT2D eigenvalue weighted by Gasteiger charge is 2.43. The maximum Gasteiger partial charge on any atom is 0.248 e. The van der Waals surface area contributed by atoms with Crippen LogP contribution in [0.4, 0.5) is 0 Å². The van der Waals surface area contributed by atoms with Gasteiger partial charge in [0.15, 0.2) is 0 Å². The van der Waals surface area contributed by atoms with Crippen LogP contribution in [0.1, 0.15) is 32.4 Å². The van der Waals surface area contributed by atoms with Gasteiger partial charge in [-0.25, -0.2) is 0 Å². The molecule has 1 fully saturated rings. The van der Waals surface area contributed by atoms with Gasteiger partial charge in [0.2, 0.25) is 11.8 Å². The molecule has 1 saturated heterocycles. The van der Waals surface area contributed by atoms with Gasteiger partial charge in [-0.15, -0.1) is 0 Å². The Morgan fingerprint density at radius 3 is 2.68 bits per heavy atom. The van der Waals surface area contributed by atoms with Gasteiger partial charge in [-0.1, -0.05) is 13.8 Å². The van der Waals surface area contributed by atoms with Crippen LogP contribution >= 0.6 is 0 Å². The van der Waals surface area contributed by atoms with E-state index in [1.807, 2.05) is 26.0 Å². The zero-order valence-corrected chi connectivity index (χ0v) is 11.4. The predicted octanol–water partition coefficient (Wildman–Crippen LogP) is 1.34. The number of rotatable bonds is 5. The van der Waals surface area contributed by atoms with E-state index in [0.717, 1.165) is 5.76 Å². The maximum atomic E-state index is 12.5. The van der Waals surface area contributed by atoms with Crippen LogP contribution in [0, 0.1) is 0 Å². The molecule has 2 heterocycles. The molecule has 0 aromatic carbocycles. The molecular formula is C14H20N2O3. The molecule has 1 aromatic heterocycles. The standard InChI is InChI=1S/C14H20N2O3/c1-3-14(4-2)13(18)16(10-12(17)15-14)8-7-11-6-5-9-19-11/h5-6,9H,3-4,7-8,10H2,1-2H3,(H,15,17). The number of nitrogens with one attached hydrogen (secondary N) is 1. The van der Waals surface area contributed by atoms with E-state index in [1.165, 1.54) is 0 Å². The second-order valence-electron chi connectivity index (χ2n) is 4.89. The van der Waals surface area contributed by atoms with Gasteiger partial charge < -0.3 is 14.6 Å². The van der Waals surface area contributed by atoms with E-state index >= 15 is 0 Å². The van der Waals surface area contributed by atoms with Gasteiger partial charge in [0.1, 0.15) is 11.3 Å². The van der Waals surface area contributed by atoms with Crippen molar-refractivity contribution < 1.29 is 14.0 Å². The summed E-state index contributed by atoms with van der Waals surface area (Å²) in [7, 11) is 0. The second kappa shape index (κ2) is 5.47. The van der Waals surface area contributed by atoms with Gasteiger partial charge in [0.25, 0.3) is 0 Å².